The molecule has 1 aromatic carbocycles. The van der Waals surface area contributed by atoms with Crippen LogP contribution in [0.1, 0.15) is 49.0 Å². The average molecular weight is 537 g/mol. The number of nitrogens with one attached hydrogen (secondary N) is 3. The van der Waals surface area contributed by atoms with Gasteiger partial charge in [0.25, 0.3) is 11.8 Å². The molecule has 13 heteroatoms. The van der Waals surface area contributed by atoms with Crippen molar-refractivity contribution in [3.63, 3.8) is 0 Å². The molecule has 0 unspecified atom stereocenters. The van der Waals surface area contributed by atoms with Crippen LogP contribution in [0.3, 0.4) is 0 Å². The smallest absolute Gasteiger partial charge is 0.271 e. The van der Waals surface area contributed by atoms with Crippen LogP contribution < -0.4 is 10.6 Å². The molecule has 8 nitrogen and oxygen atoms in total. The van der Waals surface area contributed by atoms with Crippen LogP contribution in [0, 0.1) is 40.6 Å². The maximum absolute atomic E-state index is 14.9. The third-order valence-electron chi connectivity index (χ3n) is 7.82. The first-order valence-corrected chi connectivity index (χ1v) is 12.4. The summed E-state index contributed by atoms with van der Waals surface area (Å²) in [6, 6.07) is -0.723. The zero-order chi connectivity index (χ0) is 27.4. The Hall–Kier alpha value is -3.69. The van der Waals surface area contributed by atoms with E-state index in [2.05, 4.69) is 15.6 Å². The van der Waals surface area contributed by atoms with Crippen molar-refractivity contribution >= 4 is 28.6 Å². The second-order valence-corrected chi connectivity index (χ2v) is 10.1. The molecule has 3 saturated heterocycles. The predicted molar refractivity (Wildman–Crippen MR) is 122 cm³/mol. The third-order valence-corrected chi connectivity index (χ3v) is 7.82. The van der Waals surface area contributed by atoms with Crippen LogP contribution in [0.25, 0.3) is 10.9 Å². The number of carbonyl (C=O) groups is 3. The monoisotopic (exact) mass is 537 g/mol. The molecule has 0 spiro atoms. The van der Waals surface area contributed by atoms with Gasteiger partial charge in [0.05, 0.1) is 17.5 Å². The second-order valence-electron chi connectivity index (χ2n) is 10.1. The van der Waals surface area contributed by atoms with Gasteiger partial charge in [-0.05, 0) is 38.2 Å². The number of hydrogen-bond acceptors (Lipinski definition) is 4. The Morgan fingerprint density at radius 2 is 1.95 bits per heavy atom. The molecule has 1 saturated carbocycles. The van der Waals surface area contributed by atoms with Crippen molar-refractivity contribution in [2.75, 3.05) is 6.54 Å². The van der Waals surface area contributed by atoms with E-state index in [0.717, 1.165) is 11.0 Å². The summed E-state index contributed by atoms with van der Waals surface area (Å²) < 4.78 is 72.0. The van der Waals surface area contributed by atoms with Crippen LogP contribution >= 0.6 is 0 Å². The molecular weight excluding hydrogens is 513 g/mol. The van der Waals surface area contributed by atoms with E-state index in [1.165, 1.54) is 0 Å². The summed E-state index contributed by atoms with van der Waals surface area (Å²) >= 11 is 0. The van der Waals surface area contributed by atoms with Crippen molar-refractivity contribution in [1.82, 2.24) is 20.5 Å². The van der Waals surface area contributed by atoms with Crippen molar-refractivity contribution in [3.8, 4) is 6.07 Å². The number of piperidine rings is 3. The Labute approximate surface area is 213 Å². The summed E-state index contributed by atoms with van der Waals surface area (Å²) in [5.74, 6) is -11.6. The Morgan fingerprint density at radius 1 is 1.18 bits per heavy atom. The number of aromatic nitrogens is 1. The standard InChI is InChI=1S/C25H24F5N5O3/c26-16-8-17(27)19(28)20-14(16)7-18(34-20)24(38)35-13-3-4-15(25(29,30)9-13)21(35)23(37)33-12(10-31)6-11-2-1-5-32-22(11)36/h7-8,11-13,15,21,34H,1-6,9H2,(H,32,36)(H,33,37)/t11-,12+,13+,15+,21+/m1/s1. The molecule has 4 aliphatic rings. The molecule has 1 aliphatic carbocycles. The quantitative estimate of drug-likeness (QED) is 0.401. The molecule has 4 fully saturated rings. The fourth-order valence-electron chi connectivity index (χ4n) is 5.99. The molecule has 3 amide bonds. The van der Waals surface area contributed by atoms with Crippen LogP contribution in [-0.2, 0) is 9.59 Å². The Balaban J connectivity index is 1.44. The Bertz CT molecular complexity index is 1360. The highest BCUT2D eigenvalue weighted by molar-refractivity contribution is 6.01. The SMILES string of the molecule is N#C[C@H](C[C@H]1CCCNC1=O)NC(=O)[C@@H]1[C@@H]2CC[C@@H](CC2(F)F)N1C(=O)c1cc2c(F)cc(F)c(F)c2[nH]1. The van der Waals surface area contributed by atoms with Gasteiger partial charge < -0.3 is 20.5 Å². The molecule has 202 valence electrons. The van der Waals surface area contributed by atoms with Gasteiger partial charge in [0, 0.05) is 36.4 Å². The lowest BCUT2D eigenvalue weighted by atomic mass is 9.71. The van der Waals surface area contributed by atoms with Gasteiger partial charge in [0.15, 0.2) is 11.6 Å². The highest BCUT2D eigenvalue weighted by Crippen LogP contribution is 2.49. The van der Waals surface area contributed by atoms with Gasteiger partial charge in [-0.15, -0.1) is 0 Å². The Morgan fingerprint density at radius 3 is 2.63 bits per heavy atom. The maximum Gasteiger partial charge on any atom is 0.271 e. The van der Waals surface area contributed by atoms with Crippen molar-refractivity contribution in [3.05, 3.63) is 35.3 Å². The van der Waals surface area contributed by atoms with E-state index >= 15 is 0 Å². The summed E-state index contributed by atoms with van der Waals surface area (Å²) in [4.78, 5) is 42.3. The zero-order valence-electron chi connectivity index (χ0n) is 20.0. The fraction of sp³-hybridized carbons (Fsp3) is 0.520. The lowest BCUT2D eigenvalue weighted by Gasteiger charge is -2.53. The van der Waals surface area contributed by atoms with E-state index in [1.54, 1.807) is 0 Å². The number of nitrogens with zero attached hydrogens (tertiary/aromatic N) is 2. The number of aromatic amines is 1. The van der Waals surface area contributed by atoms with Gasteiger partial charge in [0.2, 0.25) is 11.8 Å². The maximum atomic E-state index is 14.9. The first-order chi connectivity index (χ1) is 18.0. The van der Waals surface area contributed by atoms with Crippen molar-refractivity contribution in [2.24, 2.45) is 11.8 Å². The van der Waals surface area contributed by atoms with Crippen LogP contribution in [0.5, 0.6) is 0 Å². The van der Waals surface area contributed by atoms with Gasteiger partial charge in [-0.3, -0.25) is 14.4 Å². The number of fused-ring (bicyclic) bond motifs is 4. The normalized spacial score (nSPS) is 27.1. The number of rotatable bonds is 5. The zero-order valence-corrected chi connectivity index (χ0v) is 20.0. The first-order valence-electron chi connectivity index (χ1n) is 12.4. The first kappa shape index (κ1) is 25.9. The molecule has 1 aromatic heterocycles. The summed E-state index contributed by atoms with van der Waals surface area (Å²) in [5, 5.41) is 14.3. The van der Waals surface area contributed by atoms with Gasteiger partial charge >= 0.3 is 0 Å². The van der Waals surface area contributed by atoms with Gasteiger partial charge in [-0.1, -0.05) is 0 Å². The third kappa shape index (κ3) is 4.35. The largest absolute Gasteiger partial charge is 0.356 e. The summed E-state index contributed by atoms with van der Waals surface area (Å²) in [6.45, 7) is 0.504. The molecule has 3 aliphatic heterocycles. The molecule has 6 rings (SSSR count). The lowest BCUT2D eigenvalue weighted by Crippen LogP contribution is -2.68. The molecule has 38 heavy (non-hydrogen) atoms. The summed E-state index contributed by atoms with van der Waals surface area (Å²) in [5.41, 5.74) is -0.998. The number of amides is 3. The molecule has 2 bridgehead atoms. The number of hydrogen-bond donors (Lipinski definition) is 3. The van der Waals surface area contributed by atoms with E-state index < -0.39 is 88.2 Å². The summed E-state index contributed by atoms with van der Waals surface area (Å²) in [6.07, 6.45) is 0.601. The van der Waals surface area contributed by atoms with Crippen LogP contribution in [-0.4, -0.2) is 58.2 Å². The van der Waals surface area contributed by atoms with E-state index in [9.17, 15) is 41.6 Å². The molecule has 5 atom stereocenters. The number of benzene rings is 1. The number of alkyl halides is 2. The number of halogens is 5. The number of H-pyrrole nitrogens is 1. The second kappa shape index (κ2) is 9.56. The minimum absolute atomic E-state index is 0.0225. The molecule has 0 radical (unpaired) electrons. The Kier molecular flexibility index (Phi) is 6.53. The van der Waals surface area contributed by atoms with Crippen molar-refractivity contribution in [2.45, 2.75) is 62.6 Å². The molecule has 4 heterocycles. The van der Waals surface area contributed by atoms with E-state index in [1.807, 2.05) is 6.07 Å². The number of carbonyl (C=O) groups excluding carboxylic acids is 3. The van der Waals surface area contributed by atoms with Gasteiger partial charge in [-0.2, -0.15) is 5.26 Å². The van der Waals surface area contributed by atoms with Crippen LogP contribution in [0.4, 0.5) is 22.0 Å². The lowest BCUT2D eigenvalue weighted by molar-refractivity contribution is -0.179. The molecule has 2 aromatic rings. The van der Waals surface area contributed by atoms with Crippen LogP contribution in [0.2, 0.25) is 0 Å². The minimum Gasteiger partial charge on any atom is -0.356 e. The molecular formula is C25H24F5N5O3. The van der Waals surface area contributed by atoms with Crippen molar-refractivity contribution in [1.29, 1.82) is 5.26 Å². The summed E-state index contributed by atoms with van der Waals surface area (Å²) in [7, 11) is 0. The molecule has 3 N–H and O–H groups in total. The fourth-order valence-corrected chi connectivity index (χ4v) is 5.99. The average Bonchev–Trinajstić information content (AvgIpc) is 3.33. The van der Waals surface area contributed by atoms with Gasteiger partial charge in [-0.25, -0.2) is 22.0 Å². The minimum atomic E-state index is -3.27. The number of nitriles is 1. The van der Waals surface area contributed by atoms with Crippen molar-refractivity contribution < 1.29 is 36.3 Å². The van der Waals surface area contributed by atoms with E-state index in [-0.39, 0.29) is 25.2 Å². The highest BCUT2D eigenvalue weighted by Gasteiger charge is 2.60. The topological polar surface area (TPSA) is 118 Å². The highest BCUT2D eigenvalue weighted by atomic mass is 19.3. The van der Waals surface area contributed by atoms with Crippen LogP contribution in [0.15, 0.2) is 12.1 Å². The van der Waals surface area contributed by atoms with Gasteiger partial charge in [0.1, 0.15) is 23.6 Å². The predicted octanol–water partition coefficient (Wildman–Crippen LogP) is 3.14. The van der Waals surface area contributed by atoms with E-state index in [0.29, 0.717) is 25.5 Å². The van der Waals surface area contributed by atoms with E-state index in [4.69, 9.17) is 0 Å².